The smallest absolute Gasteiger partial charge is 0.147 e. The number of benzene rings is 1. The summed E-state index contributed by atoms with van der Waals surface area (Å²) in [5.74, 6) is 1.10. The number of nitrogens with one attached hydrogen (secondary N) is 1. The molecule has 0 aliphatic rings. The van der Waals surface area contributed by atoms with Gasteiger partial charge in [-0.25, -0.2) is 8.42 Å². The first-order valence-electron chi connectivity index (χ1n) is 6.21. The van der Waals surface area contributed by atoms with E-state index in [1.807, 2.05) is 25.1 Å². The van der Waals surface area contributed by atoms with Crippen LogP contribution in [0.15, 0.2) is 33.6 Å². The van der Waals surface area contributed by atoms with Crippen LogP contribution in [-0.4, -0.2) is 38.8 Å². The standard InChI is InChI=1S/C13H20BrNO2S2/c1-3-15-11(8-9-19(2,16)17)10-18-13-7-5-4-6-12(13)14/h4-7,11,15H,3,8-10H2,1-2H3. The Morgan fingerprint density at radius 2 is 2.05 bits per heavy atom. The zero-order chi connectivity index (χ0) is 14.3. The highest BCUT2D eigenvalue weighted by molar-refractivity contribution is 9.10. The lowest BCUT2D eigenvalue weighted by atomic mass is 10.2. The molecule has 0 saturated heterocycles. The molecule has 19 heavy (non-hydrogen) atoms. The Morgan fingerprint density at radius 3 is 2.63 bits per heavy atom. The van der Waals surface area contributed by atoms with Gasteiger partial charge in [0.25, 0.3) is 0 Å². The molecule has 0 saturated carbocycles. The van der Waals surface area contributed by atoms with Crippen LogP contribution in [0.3, 0.4) is 0 Å². The molecule has 1 atom stereocenters. The first-order valence-corrected chi connectivity index (χ1v) is 10.0. The molecule has 0 radical (unpaired) electrons. The summed E-state index contributed by atoms with van der Waals surface area (Å²) in [7, 11) is -2.89. The molecule has 0 aromatic heterocycles. The predicted molar refractivity (Wildman–Crippen MR) is 86.7 cm³/mol. The molecule has 0 heterocycles. The second-order valence-electron chi connectivity index (χ2n) is 4.41. The Balaban J connectivity index is 2.52. The number of thioether (sulfide) groups is 1. The van der Waals surface area contributed by atoms with Crippen LogP contribution < -0.4 is 5.32 Å². The number of rotatable bonds is 8. The fraction of sp³-hybridized carbons (Fsp3) is 0.538. The lowest BCUT2D eigenvalue weighted by Gasteiger charge is -2.17. The Morgan fingerprint density at radius 1 is 1.37 bits per heavy atom. The van der Waals surface area contributed by atoms with E-state index in [9.17, 15) is 8.42 Å². The van der Waals surface area contributed by atoms with E-state index >= 15 is 0 Å². The van der Waals surface area contributed by atoms with E-state index in [0.29, 0.717) is 6.42 Å². The van der Waals surface area contributed by atoms with Crippen LogP contribution in [0.5, 0.6) is 0 Å². The van der Waals surface area contributed by atoms with E-state index in [1.54, 1.807) is 11.8 Å². The van der Waals surface area contributed by atoms with Crippen LogP contribution in [0.4, 0.5) is 0 Å². The fourth-order valence-electron chi connectivity index (χ4n) is 1.64. The van der Waals surface area contributed by atoms with Crippen molar-refractivity contribution in [1.29, 1.82) is 0 Å². The first kappa shape index (κ1) is 17.0. The van der Waals surface area contributed by atoms with E-state index in [2.05, 4.69) is 27.3 Å². The largest absolute Gasteiger partial charge is 0.313 e. The van der Waals surface area contributed by atoms with E-state index in [0.717, 1.165) is 16.8 Å². The molecular weight excluding hydrogens is 346 g/mol. The summed E-state index contributed by atoms with van der Waals surface area (Å²) < 4.78 is 23.5. The minimum atomic E-state index is -2.89. The molecule has 6 heteroatoms. The molecule has 0 aliphatic carbocycles. The molecule has 0 amide bonds. The highest BCUT2D eigenvalue weighted by Crippen LogP contribution is 2.27. The quantitative estimate of drug-likeness (QED) is 0.719. The van der Waals surface area contributed by atoms with E-state index in [1.165, 1.54) is 11.2 Å². The van der Waals surface area contributed by atoms with Gasteiger partial charge in [0.05, 0.1) is 5.75 Å². The molecule has 3 nitrogen and oxygen atoms in total. The third-order valence-corrected chi connectivity index (χ3v) is 5.77. The number of halogens is 1. The summed E-state index contributed by atoms with van der Waals surface area (Å²) in [5.41, 5.74) is 0. The van der Waals surface area contributed by atoms with Gasteiger partial charge >= 0.3 is 0 Å². The molecule has 108 valence electrons. The molecule has 0 spiro atoms. The molecule has 1 unspecified atom stereocenters. The lowest BCUT2D eigenvalue weighted by molar-refractivity contribution is 0.548. The summed E-state index contributed by atoms with van der Waals surface area (Å²) in [6, 6.07) is 8.29. The lowest BCUT2D eigenvalue weighted by Crippen LogP contribution is -2.33. The van der Waals surface area contributed by atoms with Gasteiger partial charge in [0, 0.05) is 27.4 Å². The Bertz CT molecular complexity index is 491. The van der Waals surface area contributed by atoms with Crippen molar-refractivity contribution in [3.8, 4) is 0 Å². The van der Waals surface area contributed by atoms with Gasteiger partial charge in [-0.1, -0.05) is 19.1 Å². The van der Waals surface area contributed by atoms with Gasteiger partial charge in [-0.2, -0.15) is 0 Å². The molecule has 0 bridgehead atoms. The zero-order valence-corrected chi connectivity index (χ0v) is 14.4. The third kappa shape index (κ3) is 7.34. The van der Waals surface area contributed by atoms with E-state index in [-0.39, 0.29) is 11.8 Å². The van der Waals surface area contributed by atoms with Crippen molar-refractivity contribution < 1.29 is 8.42 Å². The molecule has 1 aromatic carbocycles. The third-order valence-electron chi connectivity index (χ3n) is 2.61. The van der Waals surface area contributed by atoms with Gasteiger partial charge in [0.2, 0.25) is 0 Å². The van der Waals surface area contributed by atoms with Crippen LogP contribution in [-0.2, 0) is 9.84 Å². The van der Waals surface area contributed by atoms with Gasteiger partial charge in [-0.3, -0.25) is 0 Å². The van der Waals surface area contributed by atoms with Crippen molar-refractivity contribution in [3.05, 3.63) is 28.7 Å². The minimum Gasteiger partial charge on any atom is -0.313 e. The summed E-state index contributed by atoms with van der Waals surface area (Å²) in [4.78, 5) is 1.18. The first-order chi connectivity index (χ1) is 8.92. The Kier molecular flexibility index (Phi) is 7.42. The number of hydrogen-bond acceptors (Lipinski definition) is 4. The maximum atomic E-state index is 11.2. The Labute approximate surface area is 128 Å². The molecule has 0 aliphatic heterocycles. The van der Waals surface area contributed by atoms with Gasteiger partial charge in [-0.05, 0) is 41.0 Å². The van der Waals surface area contributed by atoms with Crippen LogP contribution >= 0.6 is 27.7 Å². The van der Waals surface area contributed by atoms with Crippen LogP contribution in [0.1, 0.15) is 13.3 Å². The zero-order valence-electron chi connectivity index (χ0n) is 11.2. The highest BCUT2D eigenvalue weighted by atomic mass is 79.9. The second-order valence-corrected chi connectivity index (χ2v) is 8.59. The van der Waals surface area contributed by atoms with Gasteiger partial charge in [0.15, 0.2) is 0 Å². The van der Waals surface area contributed by atoms with Crippen molar-refractivity contribution in [3.63, 3.8) is 0 Å². The van der Waals surface area contributed by atoms with Gasteiger partial charge in [-0.15, -0.1) is 11.8 Å². The topological polar surface area (TPSA) is 46.2 Å². The molecule has 1 N–H and O–H groups in total. The second kappa shape index (κ2) is 8.29. The normalized spacial score (nSPS) is 13.4. The van der Waals surface area contributed by atoms with Crippen LogP contribution in [0, 0.1) is 0 Å². The van der Waals surface area contributed by atoms with Gasteiger partial charge in [0.1, 0.15) is 9.84 Å². The number of hydrogen-bond donors (Lipinski definition) is 1. The molecule has 1 rings (SSSR count). The summed E-state index contributed by atoms with van der Waals surface area (Å²) >= 11 is 5.26. The summed E-state index contributed by atoms with van der Waals surface area (Å²) in [6.45, 7) is 2.89. The summed E-state index contributed by atoms with van der Waals surface area (Å²) in [6.07, 6.45) is 1.95. The van der Waals surface area contributed by atoms with E-state index < -0.39 is 9.84 Å². The van der Waals surface area contributed by atoms with Crippen molar-refractivity contribution >= 4 is 37.5 Å². The van der Waals surface area contributed by atoms with Crippen molar-refractivity contribution in [2.24, 2.45) is 0 Å². The molecular formula is C13H20BrNO2S2. The average Bonchev–Trinajstić information content (AvgIpc) is 2.33. The molecule has 0 fully saturated rings. The fourth-order valence-corrected chi connectivity index (χ4v) is 4.03. The highest BCUT2D eigenvalue weighted by Gasteiger charge is 2.12. The van der Waals surface area contributed by atoms with Crippen LogP contribution in [0.2, 0.25) is 0 Å². The molecule has 1 aromatic rings. The SMILES string of the molecule is CCNC(CCS(C)(=O)=O)CSc1ccccc1Br. The number of sulfone groups is 1. The van der Waals surface area contributed by atoms with Crippen molar-refractivity contribution in [2.45, 2.75) is 24.3 Å². The maximum absolute atomic E-state index is 11.2. The Hall–Kier alpha value is -0.0400. The monoisotopic (exact) mass is 365 g/mol. The maximum Gasteiger partial charge on any atom is 0.147 e. The average molecular weight is 366 g/mol. The van der Waals surface area contributed by atoms with Crippen LogP contribution in [0.25, 0.3) is 0 Å². The van der Waals surface area contributed by atoms with E-state index in [4.69, 9.17) is 0 Å². The van der Waals surface area contributed by atoms with Crippen molar-refractivity contribution in [2.75, 3.05) is 24.3 Å². The van der Waals surface area contributed by atoms with Gasteiger partial charge < -0.3 is 5.32 Å². The summed E-state index contributed by atoms with van der Waals surface area (Å²) in [5, 5.41) is 3.34. The minimum absolute atomic E-state index is 0.219. The van der Waals surface area contributed by atoms with Crippen molar-refractivity contribution in [1.82, 2.24) is 5.32 Å². The predicted octanol–water partition coefficient (Wildman–Crippen LogP) is 2.95.